The quantitative estimate of drug-likeness (QED) is 0.819. The molecule has 1 N–H and O–H groups in total. The summed E-state index contributed by atoms with van der Waals surface area (Å²) < 4.78 is 1.63. The van der Waals surface area contributed by atoms with E-state index in [1.54, 1.807) is 17.7 Å². The lowest BCUT2D eigenvalue weighted by Crippen LogP contribution is -2.42. The molecule has 0 atom stereocenters. The fourth-order valence-corrected chi connectivity index (χ4v) is 1.56. The summed E-state index contributed by atoms with van der Waals surface area (Å²) >= 11 is 0. The number of nitrogens with zero attached hydrogens (tertiary/aromatic N) is 1. The van der Waals surface area contributed by atoms with Gasteiger partial charge in [0, 0.05) is 17.3 Å². The molecule has 15 heavy (non-hydrogen) atoms. The highest BCUT2D eigenvalue weighted by Gasteiger charge is 2.23. The summed E-state index contributed by atoms with van der Waals surface area (Å²) in [6.45, 7) is 7.80. The molecular weight excluding hydrogens is 192 g/mol. The van der Waals surface area contributed by atoms with Crippen LogP contribution in [-0.4, -0.2) is 9.55 Å². The van der Waals surface area contributed by atoms with Crippen LogP contribution < -0.4 is 11.2 Å². The molecular formula is C11H18N2O2. The van der Waals surface area contributed by atoms with Crippen LogP contribution in [0.1, 0.15) is 39.2 Å². The Bertz CT molecular complexity index is 452. The molecule has 1 rings (SSSR count). The van der Waals surface area contributed by atoms with Crippen LogP contribution in [0.2, 0.25) is 0 Å². The number of hydrogen-bond donors (Lipinski definition) is 1. The first-order chi connectivity index (χ1) is 6.94. The smallest absolute Gasteiger partial charge is 0.295 e. The monoisotopic (exact) mass is 210 g/mol. The zero-order valence-corrected chi connectivity index (χ0v) is 9.76. The van der Waals surface area contributed by atoms with Gasteiger partial charge in [0.15, 0.2) is 0 Å². The Kier molecular flexibility index (Phi) is 3.17. The van der Waals surface area contributed by atoms with Gasteiger partial charge in [0.25, 0.3) is 5.56 Å². The maximum absolute atomic E-state index is 11.7. The lowest BCUT2D eigenvalue weighted by Gasteiger charge is -2.29. The van der Waals surface area contributed by atoms with E-state index in [0.29, 0.717) is 5.56 Å². The van der Waals surface area contributed by atoms with E-state index < -0.39 is 0 Å². The number of aryl methyl sites for hydroxylation is 1. The third kappa shape index (κ3) is 2.03. The zero-order valence-electron chi connectivity index (χ0n) is 9.76. The van der Waals surface area contributed by atoms with E-state index in [2.05, 4.69) is 4.98 Å². The number of nitrogens with one attached hydrogen (secondary N) is 1. The molecule has 0 saturated carbocycles. The standard InChI is InChI=1S/C11H18N2O2/c1-5-11(4,6-2)13-7-8(3)9(14)12-10(13)15/h7H,5-6H2,1-4H3,(H,12,14,15). The number of rotatable bonds is 3. The Labute approximate surface area is 89.0 Å². The molecule has 0 aliphatic heterocycles. The van der Waals surface area contributed by atoms with Crippen LogP contribution in [0.25, 0.3) is 0 Å². The second-order valence-corrected chi connectivity index (χ2v) is 4.15. The molecule has 0 aliphatic carbocycles. The molecule has 0 aliphatic rings. The first-order valence-corrected chi connectivity index (χ1v) is 5.27. The number of aromatic amines is 1. The van der Waals surface area contributed by atoms with Gasteiger partial charge >= 0.3 is 5.69 Å². The molecule has 0 saturated heterocycles. The van der Waals surface area contributed by atoms with Crippen molar-refractivity contribution in [1.82, 2.24) is 9.55 Å². The van der Waals surface area contributed by atoms with E-state index in [9.17, 15) is 9.59 Å². The maximum Gasteiger partial charge on any atom is 0.328 e. The van der Waals surface area contributed by atoms with Gasteiger partial charge in [-0.1, -0.05) is 13.8 Å². The highest BCUT2D eigenvalue weighted by Crippen LogP contribution is 2.21. The molecule has 84 valence electrons. The summed E-state index contributed by atoms with van der Waals surface area (Å²) in [6.07, 6.45) is 3.36. The molecule has 1 heterocycles. The van der Waals surface area contributed by atoms with Gasteiger partial charge in [-0.3, -0.25) is 14.3 Å². The number of hydrogen-bond acceptors (Lipinski definition) is 2. The third-order valence-corrected chi connectivity index (χ3v) is 3.23. The molecule has 0 aromatic carbocycles. The van der Waals surface area contributed by atoms with Crippen LogP contribution >= 0.6 is 0 Å². The lowest BCUT2D eigenvalue weighted by molar-refractivity contribution is 0.279. The second kappa shape index (κ2) is 4.04. The molecule has 1 aromatic rings. The number of aromatic nitrogens is 2. The summed E-state index contributed by atoms with van der Waals surface area (Å²) in [5.74, 6) is 0. The summed E-state index contributed by atoms with van der Waals surface area (Å²) in [5.41, 5.74) is -0.267. The molecule has 1 aromatic heterocycles. The summed E-state index contributed by atoms with van der Waals surface area (Å²) in [5, 5.41) is 0. The van der Waals surface area contributed by atoms with Crippen LogP contribution in [-0.2, 0) is 5.54 Å². The summed E-state index contributed by atoms with van der Waals surface area (Å²) in [7, 11) is 0. The van der Waals surface area contributed by atoms with Crippen LogP contribution in [0.3, 0.4) is 0 Å². The van der Waals surface area contributed by atoms with Gasteiger partial charge in [-0.25, -0.2) is 4.79 Å². The van der Waals surface area contributed by atoms with Gasteiger partial charge in [0.1, 0.15) is 0 Å². The van der Waals surface area contributed by atoms with Crippen molar-refractivity contribution in [3.63, 3.8) is 0 Å². The summed E-state index contributed by atoms with van der Waals surface area (Å²) in [6, 6.07) is 0. The zero-order chi connectivity index (χ0) is 11.6. The third-order valence-electron chi connectivity index (χ3n) is 3.23. The molecule has 0 radical (unpaired) electrons. The first-order valence-electron chi connectivity index (χ1n) is 5.27. The van der Waals surface area contributed by atoms with Gasteiger partial charge in [-0.15, -0.1) is 0 Å². The molecule has 0 fully saturated rings. The minimum Gasteiger partial charge on any atom is -0.295 e. The molecule has 0 amide bonds. The van der Waals surface area contributed by atoms with E-state index in [1.807, 2.05) is 20.8 Å². The van der Waals surface area contributed by atoms with Gasteiger partial charge in [-0.2, -0.15) is 0 Å². The predicted molar refractivity (Wildman–Crippen MR) is 60.3 cm³/mol. The Morgan fingerprint density at radius 3 is 2.33 bits per heavy atom. The molecule has 0 unspecified atom stereocenters. The Morgan fingerprint density at radius 2 is 1.87 bits per heavy atom. The highest BCUT2D eigenvalue weighted by molar-refractivity contribution is 5.03. The normalized spacial score (nSPS) is 11.7. The fourth-order valence-electron chi connectivity index (χ4n) is 1.56. The average molecular weight is 210 g/mol. The fraction of sp³-hybridized carbons (Fsp3) is 0.636. The van der Waals surface area contributed by atoms with E-state index in [1.165, 1.54) is 0 Å². The Balaban J connectivity index is 3.44. The lowest BCUT2D eigenvalue weighted by atomic mass is 9.95. The van der Waals surface area contributed by atoms with Crippen molar-refractivity contribution in [2.75, 3.05) is 0 Å². The Hall–Kier alpha value is -1.32. The van der Waals surface area contributed by atoms with Crippen LogP contribution in [0.4, 0.5) is 0 Å². The second-order valence-electron chi connectivity index (χ2n) is 4.15. The van der Waals surface area contributed by atoms with Crippen molar-refractivity contribution in [2.45, 2.75) is 46.1 Å². The van der Waals surface area contributed by atoms with Gasteiger partial charge in [0.05, 0.1) is 0 Å². The van der Waals surface area contributed by atoms with Crippen molar-refractivity contribution in [1.29, 1.82) is 0 Å². The Morgan fingerprint density at radius 1 is 1.33 bits per heavy atom. The van der Waals surface area contributed by atoms with E-state index in [4.69, 9.17) is 0 Å². The molecule has 0 spiro atoms. The van der Waals surface area contributed by atoms with Gasteiger partial charge in [-0.05, 0) is 26.7 Å². The molecule has 0 bridgehead atoms. The molecule has 4 nitrogen and oxygen atoms in total. The SMILES string of the molecule is CCC(C)(CC)n1cc(C)c(=O)[nH]c1=O. The van der Waals surface area contributed by atoms with E-state index in [0.717, 1.165) is 12.8 Å². The van der Waals surface area contributed by atoms with Crippen molar-refractivity contribution < 1.29 is 0 Å². The van der Waals surface area contributed by atoms with Crippen molar-refractivity contribution in [3.8, 4) is 0 Å². The van der Waals surface area contributed by atoms with Crippen molar-refractivity contribution in [3.05, 3.63) is 32.6 Å². The van der Waals surface area contributed by atoms with Crippen LogP contribution in [0.15, 0.2) is 15.8 Å². The largest absolute Gasteiger partial charge is 0.328 e. The van der Waals surface area contributed by atoms with E-state index in [-0.39, 0.29) is 16.8 Å². The predicted octanol–water partition coefficient (Wildman–Crippen LogP) is 1.38. The minimum absolute atomic E-state index is 0.216. The summed E-state index contributed by atoms with van der Waals surface area (Å²) in [4.78, 5) is 25.2. The first kappa shape index (κ1) is 11.8. The van der Waals surface area contributed by atoms with Crippen LogP contribution in [0, 0.1) is 6.92 Å². The maximum atomic E-state index is 11.7. The number of H-pyrrole nitrogens is 1. The molecule has 4 heteroatoms. The average Bonchev–Trinajstić information content (AvgIpc) is 2.22. The van der Waals surface area contributed by atoms with Crippen LogP contribution in [0.5, 0.6) is 0 Å². The van der Waals surface area contributed by atoms with Gasteiger partial charge < -0.3 is 0 Å². The van der Waals surface area contributed by atoms with Gasteiger partial charge in [0.2, 0.25) is 0 Å². The van der Waals surface area contributed by atoms with E-state index >= 15 is 0 Å². The topological polar surface area (TPSA) is 54.9 Å². The van der Waals surface area contributed by atoms with Crippen molar-refractivity contribution in [2.24, 2.45) is 0 Å². The van der Waals surface area contributed by atoms with Crippen molar-refractivity contribution >= 4 is 0 Å². The minimum atomic E-state index is -0.322. The highest BCUT2D eigenvalue weighted by atomic mass is 16.2.